The van der Waals surface area contributed by atoms with E-state index in [1.807, 2.05) is 17.7 Å². The number of hydrogen-bond donors (Lipinski definition) is 2. The van der Waals surface area contributed by atoms with Gasteiger partial charge in [-0.05, 0) is 6.92 Å². The van der Waals surface area contributed by atoms with Crippen LogP contribution in [-0.4, -0.2) is 47.4 Å². The lowest BCUT2D eigenvalue weighted by atomic mass is 10.2. The van der Waals surface area contributed by atoms with E-state index in [0.717, 1.165) is 18.9 Å². The zero-order valence-electron chi connectivity index (χ0n) is 9.60. The maximum atomic E-state index is 11.7. The van der Waals surface area contributed by atoms with Crippen LogP contribution >= 0.6 is 0 Å². The molecule has 2 N–H and O–H groups in total. The second kappa shape index (κ2) is 4.52. The summed E-state index contributed by atoms with van der Waals surface area (Å²) in [5, 5.41) is 10.2. The predicted octanol–water partition coefficient (Wildman–Crippen LogP) is 0.511. The molecule has 0 aliphatic carbocycles. The molecule has 88 valence electrons. The molecule has 2 amide bonds. The molecule has 2 rings (SSSR count). The Morgan fingerprint density at radius 3 is 3.06 bits per heavy atom. The molecule has 1 fully saturated rings. The molecule has 1 aliphatic rings. The van der Waals surface area contributed by atoms with Crippen LogP contribution in [0.15, 0.2) is 12.3 Å². The highest BCUT2D eigenvalue weighted by Crippen LogP contribution is 2.17. The Bertz CT molecular complexity index is 371. The van der Waals surface area contributed by atoms with E-state index in [1.54, 1.807) is 18.1 Å². The van der Waals surface area contributed by atoms with Gasteiger partial charge in [0.25, 0.3) is 0 Å². The van der Waals surface area contributed by atoms with Crippen molar-refractivity contribution in [1.82, 2.24) is 20.0 Å². The van der Waals surface area contributed by atoms with Crippen molar-refractivity contribution in [3.8, 4) is 0 Å². The van der Waals surface area contributed by atoms with E-state index in [9.17, 15) is 4.79 Å². The summed E-state index contributed by atoms with van der Waals surface area (Å²) < 4.78 is 1.86. The monoisotopic (exact) mass is 223 g/mol. The third-order valence-corrected chi connectivity index (χ3v) is 2.83. The lowest BCUT2D eigenvalue weighted by Gasteiger charge is -2.29. The number of nitrogens with zero attached hydrogens (tertiary/aromatic N) is 3. The molecule has 0 aromatic carbocycles. The molecule has 0 radical (unpaired) electrons. The number of amides is 2. The van der Waals surface area contributed by atoms with Crippen molar-refractivity contribution in [3.05, 3.63) is 12.3 Å². The molecular formula is C10H17N5O. The van der Waals surface area contributed by atoms with Crippen LogP contribution in [0.25, 0.3) is 0 Å². The summed E-state index contributed by atoms with van der Waals surface area (Å²) in [4.78, 5) is 13.3. The smallest absolute Gasteiger partial charge is 0.322 e. The molecule has 1 saturated heterocycles. The van der Waals surface area contributed by atoms with Crippen LogP contribution in [-0.2, 0) is 0 Å². The number of urea groups is 1. The Balaban J connectivity index is 2.03. The van der Waals surface area contributed by atoms with E-state index in [1.165, 1.54) is 0 Å². The van der Waals surface area contributed by atoms with Gasteiger partial charge in [-0.2, -0.15) is 5.10 Å². The first-order valence-corrected chi connectivity index (χ1v) is 5.48. The van der Waals surface area contributed by atoms with Crippen LogP contribution in [0.2, 0.25) is 0 Å². The lowest BCUT2D eigenvalue weighted by Crippen LogP contribution is -2.44. The second-order valence-corrected chi connectivity index (χ2v) is 3.92. The molecule has 16 heavy (non-hydrogen) atoms. The molecule has 1 aromatic heterocycles. The highest BCUT2D eigenvalue weighted by atomic mass is 16.2. The number of rotatable bonds is 3. The highest BCUT2D eigenvalue weighted by molar-refractivity contribution is 5.88. The van der Waals surface area contributed by atoms with E-state index in [-0.39, 0.29) is 6.03 Å². The average Bonchev–Trinajstić information content (AvgIpc) is 2.62. The van der Waals surface area contributed by atoms with Gasteiger partial charge in [-0.1, -0.05) is 0 Å². The van der Waals surface area contributed by atoms with Crippen LogP contribution in [0.1, 0.15) is 13.0 Å². The van der Waals surface area contributed by atoms with Crippen LogP contribution < -0.4 is 10.6 Å². The predicted molar refractivity (Wildman–Crippen MR) is 61.5 cm³/mol. The summed E-state index contributed by atoms with van der Waals surface area (Å²) in [6.45, 7) is 4.44. The minimum absolute atomic E-state index is 0.100. The lowest BCUT2D eigenvalue weighted by molar-refractivity contribution is 0.224. The summed E-state index contributed by atoms with van der Waals surface area (Å²) in [6.07, 6.45) is 1.71. The molecule has 0 unspecified atom stereocenters. The molecule has 2 heterocycles. The summed E-state index contributed by atoms with van der Waals surface area (Å²) in [5.74, 6) is 0.761. The topological polar surface area (TPSA) is 62.2 Å². The second-order valence-electron chi connectivity index (χ2n) is 3.92. The fourth-order valence-corrected chi connectivity index (χ4v) is 1.50. The van der Waals surface area contributed by atoms with E-state index in [0.29, 0.717) is 12.6 Å². The zero-order valence-corrected chi connectivity index (χ0v) is 9.60. The summed E-state index contributed by atoms with van der Waals surface area (Å²) in [7, 11) is 1.76. The maximum absolute atomic E-state index is 11.7. The summed E-state index contributed by atoms with van der Waals surface area (Å²) in [5.41, 5.74) is 0. The maximum Gasteiger partial charge on any atom is 0.322 e. The first kappa shape index (κ1) is 10.9. The van der Waals surface area contributed by atoms with Gasteiger partial charge in [-0.25, -0.2) is 9.48 Å². The number of nitrogens with one attached hydrogen (secondary N) is 2. The molecule has 0 bridgehead atoms. The van der Waals surface area contributed by atoms with Crippen molar-refractivity contribution in [1.29, 1.82) is 0 Å². The van der Waals surface area contributed by atoms with E-state index in [2.05, 4.69) is 15.7 Å². The van der Waals surface area contributed by atoms with Gasteiger partial charge in [0, 0.05) is 32.7 Å². The molecule has 0 atom stereocenters. The first-order chi connectivity index (χ1) is 7.72. The minimum atomic E-state index is -0.100. The quantitative estimate of drug-likeness (QED) is 0.785. The molecular weight excluding hydrogens is 206 g/mol. The molecule has 1 aromatic rings. The third-order valence-electron chi connectivity index (χ3n) is 2.83. The van der Waals surface area contributed by atoms with Gasteiger partial charge >= 0.3 is 6.03 Å². The van der Waals surface area contributed by atoms with Crippen molar-refractivity contribution in [2.24, 2.45) is 0 Å². The largest absolute Gasteiger partial charge is 0.328 e. The number of hydrogen-bond acceptors (Lipinski definition) is 3. The normalized spacial score (nSPS) is 15.6. The fourth-order valence-electron chi connectivity index (χ4n) is 1.50. The van der Waals surface area contributed by atoms with Crippen molar-refractivity contribution >= 4 is 11.8 Å². The molecule has 0 spiro atoms. The molecule has 6 heteroatoms. The molecule has 0 saturated carbocycles. The summed E-state index contributed by atoms with van der Waals surface area (Å²) in [6, 6.07) is 2.08. The van der Waals surface area contributed by atoms with Crippen molar-refractivity contribution < 1.29 is 4.79 Å². The van der Waals surface area contributed by atoms with Gasteiger partial charge in [-0.3, -0.25) is 5.32 Å². The van der Waals surface area contributed by atoms with Crippen LogP contribution in [0, 0.1) is 0 Å². The Hall–Kier alpha value is -1.56. The van der Waals surface area contributed by atoms with Gasteiger partial charge in [-0.15, -0.1) is 0 Å². The van der Waals surface area contributed by atoms with Crippen molar-refractivity contribution in [2.45, 2.75) is 13.0 Å². The zero-order chi connectivity index (χ0) is 11.5. The Kier molecular flexibility index (Phi) is 3.09. The van der Waals surface area contributed by atoms with Crippen molar-refractivity contribution in [2.75, 3.05) is 32.0 Å². The van der Waals surface area contributed by atoms with Gasteiger partial charge in [0.1, 0.15) is 5.82 Å². The molecule has 1 aliphatic heterocycles. The average molecular weight is 223 g/mol. The van der Waals surface area contributed by atoms with Gasteiger partial charge in [0.05, 0.1) is 12.2 Å². The van der Waals surface area contributed by atoms with E-state index < -0.39 is 0 Å². The van der Waals surface area contributed by atoms with Crippen LogP contribution in [0.5, 0.6) is 0 Å². The van der Waals surface area contributed by atoms with Gasteiger partial charge < -0.3 is 10.2 Å². The Morgan fingerprint density at radius 2 is 2.50 bits per heavy atom. The van der Waals surface area contributed by atoms with E-state index in [4.69, 9.17) is 0 Å². The third kappa shape index (κ3) is 2.01. The molecule has 6 nitrogen and oxygen atoms in total. The van der Waals surface area contributed by atoms with Gasteiger partial charge in [0.15, 0.2) is 0 Å². The number of anilines is 1. The van der Waals surface area contributed by atoms with Gasteiger partial charge in [0.2, 0.25) is 0 Å². The van der Waals surface area contributed by atoms with E-state index >= 15 is 0 Å². The SMILES string of the molecule is CCN(C)C(=O)Nc1ccnn1C1CNC1. The van der Waals surface area contributed by atoms with Crippen LogP contribution in [0.3, 0.4) is 0 Å². The highest BCUT2D eigenvalue weighted by Gasteiger charge is 2.22. The number of aromatic nitrogens is 2. The Labute approximate surface area is 94.6 Å². The number of carbonyl (C=O) groups excluding carboxylic acids is 1. The minimum Gasteiger partial charge on any atom is -0.328 e. The summed E-state index contributed by atoms with van der Waals surface area (Å²) >= 11 is 0. The van der Waals surface area contributed by atoms with Crippen LogP contribution in [0.4, 0.5) is 10.6 Å². The standard InChI is InChI=1S/C10H17N5O/c1-3-14(2)10(16)13-9-4-5-12-15(9)8-6-11-7-8/h4-5,8,11H,3,6-7H2,1-2H3,(H,13,16). The van der Waals surface area contributed by atoms with Crippen molar-refractivity contribution in [3.63, 3.8) is 0 Å². The number of carbonyl (C=O) groups is 1. The first-order valence-electron chi connectivity index (χ1n) is 5.48. The Morgan fingerprint density at radius 1 is 1.75 bits per heavy atom. The fraction of sp³-hybridized carbons (Fsp3) is 0.600.